The van der Waals surface area contributed by atoms with Gasteiger partial charge in [-0.2, -0.15) is 0 Å². The summed E-state index contributed by atoms with van der Waals surface area (Å²) in [6.07, 6.45) is 4.47. The van der Waals surface area contributed by atoms with Gasteiger partial charge in [0.05, 0.1) is 7.11 Å². The maximum atomic E-state index is 13.0. The molecule has 1 N–H and O–H groups in total. The number of carbonyl (C=O) groups excluding carboxylic acids is 2. The minimum atomic E-state index is -0.383. The zero-order valence-electron chi connectivity index (χ0n) is 20.9. The lowest BCUT2D eigenvalue weighted by Gasteiger charge is -2.41. The number of rotatable bonds is 9. The molecule has 0 saturated heterocycles. The van der Waals surface area contributed by atoms with E-state index in [4.69, 9.17) is 9.47 Å². The van der Waals surface area contributed by atoms with Gasteiger partial charge >= 0.3 is 12.1 Å². The third-order valence-electron chi connectivity index (χ3n) is 7.37. The van der Waals surface area contributed by atoms with Gasteiger partial charge in [-0.15, -0.1) is 0 Å². The van der Waals surface area contributed by atoms with Crippen molar-refractivity contribution >= 4 is 12.1 Å². The van der Waals surface area contributed by atoms with Crippen molar-refractivity contribution < 1.29 is 19.1 Å². The van der Waals surface area contributed by atoms with Crippen molar-refractivity contribution in [3.63, 3.8) is 0 Å². The quantitative estimate of drug-likeness (QED) is 0.350. The Morgan fingerprint density at radius 2 is 1.47 bits per heavy atom. The highest BCUT2D eigenvalue weighted by molar-refractivity contribution is 5.69. The van der Waals surface area contributed by atoms with E-state index in [9.17, 15) is 9.59 Å². The Morgan fingerprint density at radius 3 is 2.08 bits per heavy atom. The third kappa shape index (κ3) is 6.75. The first-order chi connectivity index (χ1) is 17.6. The second kappa shape index (κ2) is 12.4. The zero-order valence-corrected chi connectivity index (χ0v) is 20.9. The van der Waals surface area contributed by atoms with E-state index in [0.717, 1.165) is 43.2 Å². The van der Waals surface area contributed by atoms with Gasteiger partial charge in [-0.3, -0.25) is 4.79 Å². The Balaban J connectivity index is 1.39. The molecule has 1 fully saturated rings. The number of hydrogen-bond acceptors (Lipinski definition) is 4. The van der Waals surface area contributed by atoms with Gasteiger partial charge in [0.15, 0.2) is 0 Å². The predicted molar refractivity (Wildman–Crippen MR) is 141 cm³/mol. The number of esters is 1. The van der Waals surface area contributed by atoms with Gasteiger partial charge < -0.3 is 14.8 Å². The van der Waals surface area contributed by atoms with Crippen LogP contribution in [0.3, 0.4) is 0 Å². The molecule has 1 aliphatic rings. The first-order valence-corrected chi connectivity index (χ1v) is 12.8. The fourth-order valence-electron chi connectivity index (χ4n) is 5.29. The maximum absolute atomic E-state index is 13.0. The molecule has 3 aromatic carbocycles. The highest BCUT2D eigenvalue weighted by Gasteiger charge is 2.37. The maximum Gasteiger partial charge on any atom is 0.407 e. The Bertz CT molecular complexity index is 1090. The summed E-state index contributed by atoms with van der Waals surface area (Å²) in [6.45, 7) is 0. The molecule has 4 rings (SSSR count). The lowest BCUT2D eigenvalue weighted by molar-refractivity contribution is -0.141. The summed E-state index contributed by atoms with van der Waals surface area (Å²) in [7, 11) is 1.43. The molecule has 1 unspecified atom stereocenters. The lowest BCUT2D eigenvalue weighted by atomic mass is 9.66. The molecule has 0 bridgehead atoms. The Labute approximate surface area is 213 Å². The van der Waals surface area contributed by atoms with E-state index in [-0.39, 0.29) is 29.6 Å². The number of alkyl carbamates (subject to hydrolysis) is 1. The predicted octanol–water partition coefficient (Wildman–Crippen LogP) is 6.53. The number of benzene rings is 3. The SMILES string of the molecule is COC(=O)CCC1(c2ccccc2)CCC(NC(=O)OC(Cc2ccccc2)c2ccccc2)CC1. The summed E-state index contributed by atoms with van der Waals surface area (Å²) < 4.78 is 10.9. The fourth-order valence-corrected chi connectivity index (χ4v) is 5.29. The summed E-state index contributed by atoms with van der Waals surface area (Å²) in [5.41, 5.74) is 3.26. The molecular formula is C31H35NO4. The normalized spacial score (nSPS) is 20.2. The van der Waals surface area contributed by atoms with Crippen molar-refractivity contribution in [1.29, 1.82) is 0 Å². The number of nitrogens with one attached hydrogen (secondary N) is 1. The number of methoxy groups -OCH3 is 1. The molecule has 3 aromatic rings. The van der Waals surface area contributed by atoms with Gasteiger partial charge in [-0.05, 0) is 54.2 Å². The number of ether oxygens (including phenoxy) is 2. The number of hydrogen-bond donors (Lipinski definition) is 1. The van der Waals surface area contributed by atoms with E-state index in [2.05, 4.69) is 29.6 Å². The first kappa shape index (κ1) is 25.5. The van der Waals surface area contributed by atoms with Crippen molar-refractivity contribution in [3.8, 4) is 0 Å². The molecule has 1 amide bonds. The van der Waals surface area contributed by atoms with Crippen molar-refractivity contribution in [2.24, 2.45) is 0 Å². The third-order valence-corrected chi connectivity index (χ3v) is 7.37. The van der Waals surface area contributed by atoms with Gasteiger partial charge in [-0.25, -0.2) is 4.79 Å². The summed E-state index contributed by atoms with van der Waals surface area (Å²) in [4.78, 5) is 24.9. The summed E-state index contributed by atoms with van der Waals surface area (Å²) in [5.74, 6) is -0.181. The van der Waals surface area contributed by atoms with Crippen LogP contribution in [0.5, 0.6) is 0 Å². The smallest absolute Gasteiger partial charge is 0.407 e. The molecule has 0 aromatic heterocycles. The Kier molecular flexibility index (Phi) is 8.77. The summed E-state index contributed by atoms with van der Waals surface area (Å²) in [5, 5.41) is 3.12. The Morgan fingerprint density at radius 1 is 0.889 bits per heavy atom. The highest BCUT2D eigenvalue weighted by atomic mass is 16.6. The van der Waals surface area contributed by atoms with Crippen molar-refractivity contribution in [2.45, 2.75) is 62.5 Å². The second-order valence-corrected chi connectivity index (χ2v) is 9.64. The van der Waals surface area contributed by atoms with Gasteiger partial charge in [0.1, 0.15) is 6.10 Å². The number of carbonyl (C=O) groups is 2. The lowest BCUT2D eigenvalue weighted by Crippen LogP contribution is -2.43. The minimum Gasteiger partial charge on any atom is -0.469 e. The van der Waals surface area contributed by atoms with Gasteiger partial charge in [0.2, 0.25) is 0 Å². The van der Waals surface area contributed by atoms with Gasteiger partial charge in [0.25, 0.3) is 0 Å². The molecule has 0 heterocycles. The number of amides is 1. The summed E-state index contributed by atoms with van der Waals surface area (Å²) in [6, 6.07) is 30.4. The van der Waals surface area contributed by atoms with Crippen LogP contribution < -0.4 is 5.32 Å². The van der Waals surface area contributed by atoms with E-state index >= 15 is 0 Å². The minimum absolute atomic E-state index is 0.0422. The van der Waals surface area contributed by atoms with Gasteiger partial charge in [0, 0.05) is 18.9 Å². The van der Waals surface area contributed by atoms with E-state index in [1.54, 1.807) is 0 Å². The molecule has 5 nitrogen and oxygen atoms in total. The highest BCUT2D eigenvalue weighted by Crippen LogP contribution is 2.43. The van der Waals surface area contributed by atoms with Crippen LogP contribution in [-0.4, -0.2) is 25.2 Å². The van der Waals surface area contributed by atoms with Crippen LogP contribution in [0.15, 0.2) is 91.0 Å². The van der Waals surface area contributed by atoms with Crippen molar-refractivity contribution in [1.82, 2.24) is 5.32 Å². The molecule has 1 atom stereocenters. The van der Waals surface area contributed by atoms with Crippen LogP contribution in [0, 0.1) is 0 Å². The monoisotopic (exact) mass is 485 g/mol. The molecule has 188 valence electrons. The largest absolute Gasteiger partial charge is 0.469 e. The van der Waals surface area contributed by atoms with E-state index in [1.807, 2.05) is 66.7 Å². The van der Waals surface area contributed by atoms with Crippen LogP contribution >= 0.6 is 0 Å². The van der Waals surface area contributed by atoms with E-state index in [1.165, 1.54) is 12.7 Å². The van der Waals surface area contributed by atoms with Crippen LogP contribution in [0.2, 0.25) is 0 Å². The first-order valence-electron chi connectivity index (χ1n) is 12.8. The van der Waals surface area contributed by atoms with Crippen molar-refractivity contribution in [2.75, 3.05) is 7.11 Å². The average molecular weight is 486 g/mol. The standard InChI is InChI=1S/C31H35NO4/c1-35-29(33)19-22-31(26-15-9-4-10-16-26)20-17-27(18-21-31)32-30(34)36-28(25-13-7-3-8-14-25)23-24-11-5-2-6-12-24/h2-16,27-28H,17-23H2,1H3,(H,32,34). The van der Waals surface area contributed by atoms with E-state index in [0.29, 0.717) is 12.8 Å². The molecule has 0 aliphatic heterocycles. The second-order valence-electron chi connectivity index (χ2n) is 9.64. The molecule has 1 aliphatic carbocycles. The summed E-state index contributed by atoms with van der Waals surface area (Å²) >= 11 is 0. The Hall–Kier alpha value is -3.60. The van der Waals surface area contributed by atoms with Crippen LogP contribution in [-0.2, 0) is 26.1 Å². The molecule has 0 spiro atoms. The molecule has 36 heavy (non-hydrogen) atoms. The molecule has 1 saturated carbocycles. The van der Waals surface area contributed by atoms with Crippen LogP contribution in [0.4, 0.5) is 4.79 Å². The van der Waals surface area contributed by atoms with Crippen LogP contribution in [0.25, 0.3) is 0 Å². The zero-order chi connectivity index (χ0) is 25.2. The van der Waals surface area contributed by atoms with Crippen LogP contribution in [0.1, 0.15) is 61.3 Å². The topological polar surface area (TPSA) is 64.6 Å². The molecular weight excluding hydrogens is 450 g/mol. The van der Waals surface area contributed by atoms with Gasteiger partial charge in [-0.1, -0.05) is 91.0 Å². The molecule has 0 radical (unpaired) electrons. The average Bonchev–Trinajstić information content (AvgIpc) is 2.94. The fraction of sp³-hybridized carbons (Fsp3) is 0.355. The molecule has 5 heteroatoms. The van der Waals surface area contributed by atoms with E-state index < -0.39 is 0 Å². The van der Waals surface area contributed by atoms with Crippen molar-refractivity contribution in [3.05, 3.63) is 108 Å².